The molecule has 0 aromatic heterocycles. The average Bonchev–Trinajstić information content (AvgIpc) is 2.39. The van der Waals surface area contributed by atoms with E-state index in [4.69, 9.17) is 5.11 Å². The monoisotopic (exact) mass is 282 g/mol. The quantitative estimate of drug-likeness (QED) is 0.458. The van der Waals surface area contributed by atoms with Crippen LogP contribution in [0.5, 0.6) is 11.5 Å². The average molecular weight is 282 g/mol. The Bertz CT molecular complexity index is 543. The number of para-hydroxylation sites is 1. The third-order valence-electron chi connectivity index (χ3n) is 2.42. The normalized spacial score (nSPS) is 11.4. The molecule has 0 saturated heterocycles. The highest BCUT2D eigenvalue weighted by atomic mass is 16.4. The van der Waals surface area contributed by atoms with Gasteiger partial charge >= 0.3 is 5.97 Å². The Labute approximate surface area is 114 Å². The molecule has 0 unspecified atom stereocenters. The SMILES string of the molecule is C[C@H](NC(=O)CNC(=O)c1cccc(O)c1O)C(=O)O. The van der Waals surface area contributed by atoms with Gasteiger partial charge in [0.05, 0.1) is 12.1 Å². The van der Waals surface area contributed by atoms with E-state index < -0.39 is 41.9 Å². The molecule has 0 aliphatic carbocycles. The number of nitrogens with one attached hydrogen (secondary N) is 2. The highest BCUT2D eigenvalue weighted by molar-refractivity contribution is 5.99. The summed E-state index contributed by atoms with van der Waals surface area (Å²) in [4.78, 5) is 33.5. The predicted octanol–water partition coefficient (Wildman–Crippen LogP) is -0.583. The van der Waals surface area contributed by atoms with Crippen LogP contribution >= 0.6 is 0 Å². The van der Waals surface area contributed by atoms with Gasteiger partial charge in [-0.15, -0.1) is 0 Å². The number of carbonyl (C=O) groups excluding carboxylic acids is 2. The van der Waals surface area contributed by atoms with Gasteiger partial charge in [-0.2, -0.15) is 0 Å². The lowest BCUT2D eigenvalue weighted by Crippen LogP contribution is -2.44. The second-order valence-electron chi connectivity index (χ2n) is 3.98. The maximum atomic E-state index is 11.7. The summed E-state index contributed by atoms with van der Waals surface area (Å²) >= 11 is 0. The van der Waals surface area contributed by atoms with Crippen LogP contribution in [0.4, 0.5) is 0 Å². The molecular formula is C12H14N2O6. The molecule has 8 heteroatoms. The Hall–Kier alpha value is -2.77. The molecule has 1 atom stereocenters. The Morgan fingerprint density at radius 2 is 1.90 bits per heavy atom. The van der Waals surface area contributed by atoms with Gasteiger partial charge in [-0.3, -0.25) is 14.4 Å². The molecule has 20 heavy (non-hydrogen) atoms. The summed E-state index contributed by atoms with van der Waals surface area (Å²) in [5.74, 6) is -3.70. The smallest absolute Gasteiger partial charge is 0.325 e. The van der Waals surface area contributed by atoms with E-state index in [0.717, 1.165) is 0 Å². The largest absolute Gasteiger partial charge is 0.504 e. The number of aromatic hydroxyl groups is 2. The zero-order valence-electron chi connectivity index (χ0n) is 10.6. The Morgan fingerprint density at radius 1 is 1.25 bits per heavy atom. The lowest BCUT2D eigenvalue weighted by Gasteiger charge is -2.10. The number of aliphatic carboxylic acids is 1. The zero-order chi connectivity index (χ0) is 15.3. The van der Waals surface area contributed by atoms with Gasteiger partial charge < -0.3 is 26.0 Å². The third-order valence-corrected chi connectivity index (χ3v) is 2.42. The number of rotatable bonds is 5. The van der Waals surface area contributed by atoms with Gasteiger partial charge in [0.25, 0.3) is 5.91 Å². The Balaban J connectivity index is 2.58. The van der Waals surface area contributed by atoms with Crippen molar-refractivity contribution in [1.82, 2.24) is 10.6 Å². The number of phenolic OH excluding ortho intramolecular Hbond substituents is 2. The number of amides is 2. The van der Waals surface area contributed by atoms with Crippen molar-refractivity contribution in [2.45, 2.75) is 13.0 Å². The second-order valence-corrected chi connectivity index (χ2v) is 3.98. The number of hydrogen-bond donors (Lipinski definition) is 5. The van der Waals surface area contributed by atoms with Crippen LogP contribution < -0.4 is 10.6 Å². The number of hydrogen-bond acceptors (Lipinski definition) is 5. The van der Waals surface area contributed by atoms with E-state index in [1.165, 1.54) is 25.1 Å². The van der Waals surface area contributed by atoms with Crippen LogP contribution in [0.3, 0.4) is 0 Å². The van der Waals surface area contributed by atoms with E-state index >= 15 is 0 Å². The molecule has 8 nitrogen and oxygen atoms in total. The van der Waals surface area contributed by atoms with E-state index in [2.05, 4.69) is 10.6 Å². The fourth-order valence-electron chi connectivity index (χ4n) is 1.32. The minimum Gasteiger partial charge on any atom is -0.504 e. The molecule has 0 spiro atoms. The van der Waals surface area contributed by atoms with Crippen LogP contribution in [0.2, 0.25) is 0 Å². The molecule has 5 N–H and O–H groups in total. The van der Waals surface area contributed by atoms with Crippen LogP contribution in [0.25, 0.3) is 0 Å². The van der Waals surface area contributed by atoms with E-state index in [0.29, 0.717) is 0 Å². The van der Waals surface area contributed by atoms with Crippen molar-refractivity contribution in [2.75, 3.05) is 6.54 Å². The Kier molecular flexibility index (Phi) is 4.90. The van der Waals surface area contributed by atoms with Crippen molar-refractivity contribution in [2.24, 2.45) is 0 Å². The van der Waals surface area contributed by atoms with Crippen molar-refractivity contribution in [3.05, 3.63) is 23.8 Å². The van der Waals surface area contributed by atoms with Gasteiger partial charge in [0, 0.05) is 0 Å². The van der Waals surface area contributed by atoms with Gasteiger partial charge in [-0.1, -0.05) is 6.07 Å². The summed E-state index contributed by atoms with van der Waals surface area (Å²) in [6.45, 7) is 0.828. The highest BCUT2D eigenvalue weighted by Crippen LogP contribution is 2.27. The van der Waals surface area contributed by atoms with Gasteiger partial charge in [-0.05, 0) is 19.1 Å². The summed E-state index contributed by atoms with van der Waals surface area (Å²) in [7, 11) is 0. The van der Waals surface area contributed by atoms with Crippen molar-refractivity contribution < 1.29 is 29.7 Å². The maximum Gasteiger partial charge on any atom is 0.325 e. The number of benzene rings is 1. The van der Waals surface area contributed by atoms with E-state index in [1.807, 2.05) is 0 Å². The van der Waals surface area contributed by atoms with Gasteiger partial charge in [0.15, 0.2) is 11.5 Å². The van der Waals surface area contributed by atoms with E-state index in [9.17, 15) is 24.6 Å². The lowest BCUT2D eigenvalue weighted by atomic mass is 10.1. The molecule has 108 valence electrons. The van der Waals surface area contributed by atoms with Crippen molar-refractivity contribution >= 4 is 17.8 Å². The first-order valence-electron chi connectivity index (χ1n) is 5.64. The molecule has 0 aliphatic heterocycles. The number of phenols is 2. The molecule has 1 rings (SSSR count). The molecule has 0 bridgehead atoms. The molecule has 0 saturated carbocycles. The lowest BCUT2D eigenvalue weighted by molar-refractivity contribution is -0.141. The Morgan fingerprint density at radius 3 is 2.50 bits per heavy atom. The highest BCUT2D eigenvalue weighted by Gasteiger charge is 2.17. The first-order valence-corrected chi connectivity index (χ1v) is 5.64. The van der Waals surface area contributed by atoms with Crippen molar-refractivity contribution in [1.29, 1.82) is 0 Å². The van der Waals surface area contributed by atoms with E-state index in [-0.39, 0.29) is 5.56 Å². The fraction of sp³-hybridized carbons (Fsp3) is 0.250. The second kappa shape index (κ2) is 6.41. The number of carbonyl (C=O) groups is 3. The molecule has 0 aliphatic rings. The summed E-state index contributed by atoms with van der Waals surface area (Å²) in [5.41, 5.74) is -0.191. The molecule has 0 heterocycles. The minimum absolute atomic E-state index is 0.191. The molecular weight excluding hydrogens is 268 g/mol. The summed E-state index contributed by atoms with van der Waals surface area (Å²) in [6, 6.07) is 2.75. The molecule has 1 aromatic carbocycles. The number of carboxylic acids is 1. The first-order chi connectivity index (χ1) is 9.32. The maximum absolute atomic E-state index is 11.7. The summed E-state index contributed by atoms with van der Waals surface area (Å²) in [5, 5.41) is 31.6. The van der Waals surface area contributed by atoms with Gasteiger partial charge in [0.2, 0.25) is 5.91 Å². The summed E-state index contributed by atoms with van der Waals surface area (Å²) in [6.07, 6.45) is 0. The van der Waals surface area contributed by atoms with Crippen LogP contribution in [-0.4, -0.2) is 45.7 Å². The topological polar surface area (TPSA) is 136 Å². The molecule has 0 radical (unpaired) electrons. The number of carboxylic acid groups (broad SMARTS) is 1. The predicted molar refractivity (Wildman–Crippen MR) is 67.3 cm³/mol. The first kappa shape index (κ1) is 15.3. The molecule has 2 amide bonds. The molecule has 1 aromatic rings. The van der Waals surface area contributed by atoms with Gasteiger partial charge in [0.1, 0.15) is 6.04 Å². The fourth-order valence-corrected chi connectivity index (χ4v) is 1.32. The summed E-state index contributed by atoms with van der Waals surface area (Å²) < 4.78 is 0. The molecule has 0 fully saturated rings. The minimum atomic E-state index is -1.20. The van der Waals surface area contributed by atoms with Gasteiger partial charge in [-0.25, -0.2) is 0 Å². The third kappa shape index (κ3) is 3.87. The van der Waals surface area contributed by atoms with Crippen LogP contribution in [0, 0.1) is 0 Å². The zero-order valence-corrected chi connectivity index (χ0v) is 10.6. The van der Waals surface area contributed by atoms with Crippen molar-refractivity contribution in [3.63, 3.8) is 0 Å². The standard InChI is InChI=1S/C12H14N2O6/c1-6(12(19)20)14-9(16)5-13-11(18)7-3-2-4-8(15)10(7)17/h2-4,6,15,17H,5H2,1H3,(H,13,18)(H,14,16)(H,19,20)/t6-/m0/s1. The van der Waals surface area contributed by atoms with Crippen LogP contribution in [0.15, 0.2) is 18.2 Å². The van der Waals surface area contributed by atoms with Crippen LogP contribution in [-0.2, 0) is 9.59 Å². The van der Waals surface area contributed by atoms with Crippen molar-refractivity contribution in [3.8, 4) is 11.5 Å². The van der Waals surface area contributed by atoms with E-state index in [1.54, 1.807) is 0 Å². The van der Waals surface area contributed by atoms with Crippen LogP contribution in [0.1, 0.15) is 17.3 Å².